The van der Waals surface area contributed by atoms with Crippen LogP contribution in [0.2, 0.25) is 0 Å². The molecule has 1 N–H and O–H groups in total. The summed E-state index contributed by atoms with van der Waals surface area (Å²) in [5, 5.41) is 12.0. The lowest BCUT2D eigenvalue weighted by molar-refractivity contribution is -0.137. The van der Waals surface area contributed by atoms with Crippen molar-refractivity contribution in [1.82, 2.24) is 5.32 Å². The van der Waals surface area contributed by atoms with Crippen LogP contribution in [0, 0.1) is 11.3 Å². The first-order valence-corrected chi connectivity index (χ1v) is 6.07. The number of halogens is 3. The third kappa shape index (κ3) is 2.34. The Balaban J connectivity index is 2.53. The van der Waals surface area contributed by atoms with Crippen LogP contribution >= 0.6 is 12.2 Å². The van der Waals surface area contributed by atoms with Gasteiger partial charge in [0.05, 0.1) is 23.2 Å². The zero-order valence-electron chi connectivity index (χ0n) is 10.5. The average Bonchev–Trinajstić information content (AvgIpc) is 2.61. The van der Waals surface area contributed by atoms with Crippen molar-refractivity contribution in [3.63, 3.8) is 0 Å². The van der Waals surface area contributed by atoms with E-state index >= 15 is 0 Å². The van der Waals surface area contributed by atoms with Gasteiger partial charge in [-0.2, -0.15) is 18.4 Å². The minimum atomic E-state index is -4.59. The Labute approximate surface area is 119 Å². The van der Waals surface area contributed by atoms with Gasteiger partial charge >= 0.3 is 6.18 Å². The number of rotatable bonds is 1. The van der Waals surface area contributed by atoms with Crippen LogP contribution in [0.5, 0.6) is 0 Å². The lowest BCUT2D eigenvalue weighted by atomic mass is 10.1. The summed E-state index contributed by atoms with van der Waals surface area (Å²) < 4.78 is 38.8. The molecule has 1 aliphatic rings. The third-order valence-electron chi connectivity index (χ3n) is 3.02. The smallest absolute Gasteiger partial charge is 0.354 e. The van der Waals surface area contributed by atoms with E-state index in [9.17, 15) is 13.2 Å². The summed E-state index contributed by atoms with van der Waals surface area (Å²) in [7, 11) is 0. The molecule has 0 aromatic heterocycles. The molecular weight excluding hydrogens is 287 g/mol. The quantitative estimate of drug-likeness (QED) is 0.808. The summed E-state index contributed by atoms with van der Waals surface area (Å²) in [5.74, 6) is 0. The van der Waals surface area contributed by atoms with Gasteiger partial charge < -0.3 is 5.32 Å². The fraction of sp³-hybridized carbons (Fsp3) is 0.231. The number of alkyl halides is 3. The summed E-state index contributed by atoms with van der Waals surface area (Å²) in [6.07, 6.45) is -4.59. The highest BCUT2D eigenvalue weighted by Gasteiger charge is 2.36. The van der Waals surface area contributed by atoms with E-state index in [4.69, 9.17) is 17.5 Å². The maximum atomic E-state index is 12.9. The van der Waals surface area contributed by atoms with Crippen LogP contribution < -0.4 is 10.2 Å². The fourth-order valence-corrected chi connectivity index (χ4v) is 2.34. The molecule has 20 heavy (non-hydrogen) atoms. The molecule has 1 fully saturated rings. The molecule has 2 rings (SSSR count). The Bertz CT molecular complexity index is 631. The van der Waals surface area contributed by atoms with Gasteiger partial charge in [-0.25, -0.2) is 0 Å². The van der Waals surface area contributed by atoms with Crippen molar-refractivity contribution in [3.05, 3.63) is 41.6 Å². The normalized spacial score (nSPS) is 18.9. The summed E-state index contributed by atoms with van der Waals surface area (Å²) in [5.41, 5.74) is -0.596. The molecule has 0 radical (unpaired) electrons. The number of hydrogen-bond acceptors (Lipinski definition) is 2. The first-order valence-electron chi connectivity index (χ1n) is 5.66. The number of benzene rings is 1. The second-order valence-electron chi connectivity index (χ2n) is 4.34. The van der Waals surface area contributed by atoms with E-state index in [0.717, 1.165) is 12.1 Å². The lowest BCUT2D eigenvalue weighted by Crippen LogP contribution is -2.27. The van der Waals surface area contributed by atoms with Crippen LogP contribution in [0.3, 0.4) is 0 Å². The van der Waals surface area contributed by atoms with Crippen LogP contribution in [0.1, 0.15) is 18.1 Å². The Morgan fingerprint density at radius 1 is 1.45 bits per heavy atom. The molecule has 0 spiro atoms. The van der Waals surface area contributed by atoms with Gasteiger partial charge in [0, 0.05) is 11.4 Å². The minimum Gasteiger partial charge on any atom is -0.354 e. The molecule has 1 saturated heterocycles. The van der Waals surface area contributed by atoms with E-state index in [-0.39, 0.29) is 11.7 Å². The second-order valence-corrected chi connectivity index (χ2v) is 4.72. The monoisotopic (exact) mass is 297 g/mol. The summed E-state index contributed by atoms with van der Waals surface area (Å²) in [6.45, 7) is 5.62. The predicted octanol–water partition coefficient (Wildman–Crippen LogP) is 3.17. The van der Waals surface area contributed by atoms with Gasteiger partial charge in [0.25, 0.3) is 0 Å². The summed E-state index contributed by atoms with van der Waals surface area (Å²) in [6, 6.07) is 4.87. The SMILES string of the molecule is C=C1C(C)NC(=S)N1c1ccc(C#N)c(C(F)(F)F)c1. The van der Waals surface area contributed by atoms with Crippen molar-refractivity contribution in [2.24, 2.45) is 0 Å². The molecule has 1 unspecified atom stereocenters. The maximum Gasteiger partial charge on any atom is 0.417 e. The van der Waals surface area contributed by atoms with Crippen LogP contribution in [0.15, 0.2) is 30.5 Å². The molecule has 1 atom stereocenters. The molecule has 104 valence electrons. The number of nitriles is 1. The molecule has 1 aromatic carbocycles. The van der Waals surface area contributed by atoms with Crippen LogP contribution in [0.25, 0.3) is 0 Å². The van der Waals surface area contributed by atoms with E-state index in [1.54, 1.807) is 6.07 Å². The second kappa shape index (κ2) is 4.80. The first kappa shape index (κ1) is 14.3. The fourth-order valence-electron chi connectivity index (χ4n) is 1.94. The summed E-state index contributed by atoms with van der Waals surface area (Å²) in [4.78, 5) is 1.44. The molecular formula is C13H10F3N3S. The number of nitrogens with zero attached hydrogens (tertiary/aromatic N) is 2. The number of hydrogen-bond donors (Lipinski definition) is 1. The molecule has 7 heteroatoms. The molecule has 0 aliphatic carbocycles. The topological polar surface area (TPSA) is 39.1 Å². The zero-order chi connectivity index (χ0) is 15.1. The standard InChI is InChI=1S/C13H10F3N3S/c1-7-8(2)19(12(20)18-7)10-4-3-9(6-17)11(5-10)13(14,15)16/h3-5,7H,2H2,1H3,(H,18,20). The van der Waals surface area contributed by atoms with Gasteiger partial charge in [-0.3, -0.25) is 4.90 Å². The highest BCUT2D eigenvalue weighted by atomic mass is 32.1. The van der Waals surface area contributed by atoms with Crippen LogP contribution in [-0.4, -0.2) is 11.2 Å². The maximum absolute atomic E-state index is 12.9. The van der Waals surface area contributed by atoms with Crippen LogP contribution in [-0.2, 0) is 6.18 Å². The van der Waals surface area contributed by atoms with Crippen molar-refractivity contribution in [3.8, 4) is 6.07 Å². The van der Waals surface area contributed by atoms with Gasteiger partial charge in [0.1, 0.15) is 0 Å². The van der Waals surface area contributed by atoms with Crippen molar-refractivity contribution in [2.75, 3.05) is 4.90 Å². The largest absolute Gasteiger partial charge is 0.417 e. The first-order chi connectivity index (χ1) is 9.25. The highest BCUT2D eigenvalue weighted by molar-refractivity contribution is 7.80. The molecule has 0 amide bonds. The third-order valence-corrected chi connectivity index (χ3v) is 3.32. The van der Waals surface area contributed by atoms with Gasteiger partial charge in [-0.15, -0.1) is 0 Å². The van der Waals surface area contributed by atoms with Crippen molar-refractivity contribution >= 4 is 23.0 Å². The van der Waals surface area contributed by atoms with E-state index in [2.05, 4.69) is 11.9 Å². The molecule has 0 saturated carbocycles. The Hall–Kier alpha value is -2.07. The molecule has 3 nitrogen and oxygen atoms in total. The Morgan fingerprint density at radius 3 is 2.55 bits per heavy atom. The molecule has 1 aromatic rings. The zero-order valence-corrected chi connectivity index (χ0v) is 11.3. The van der Waals surface area contributed by atoms with E-state index in [0.29, 0.717) is 10.8 Å². The number of anilines is 1. The summed E-state index contributed by atoms with van der Waals surface area (Å²) >= 11 is 5.08. The van der Waals surface area contributed by atoms with E-state index in [1.807, 2.05) is 6.92 Å². The van der Waals surface area contributed by atoms with Crippen molar-refractivity contribution < 1.29 is 13.2 Å². The number of thiocarbonyl (C=S) groups is 1. The minimum absolute atomic E-state index is 0.146. The lowest BCUT2D eigenvalue weighted by Gasteiger charge is -2.20. The van der Waals surface area contributed by atoms with E-state index in [1.165, 1.54) is 11.0 Å². The van der Waals surface area contributed by atoms with Gasteiger partial charge in [-0.1, -0.05) is 6.58 Å². The molecule has 1 heterocycles. The number of nitrogens with one attached hydrogen (secondary N) is 1. The van der Waals surface area contributed by atoms with Gasteiger partial charge in [0.15, 0.2) is 5.11 Å². The molecule has 0 bridgehead atoms. The average molecular weight is 297 g/mol. The predicted molar refractivity (Wildman–Crippen MR) is 73.0 cm³/mol. The van der Waals surface area contributed by atoms with E-state index < -0.39 is 17.3 Å². The molecule has 1 aliphatic heterocycles. The van der Waals surface area contributed by atoms with Crippen LogP contribution in [0.4, 0.5) is 18.9 Å². The van der Waals surface area contributed by atoms with Crippen molar-refractivity contribution in [1.29, 1.82) is 5.26 Å². The highest BCUT2D eigenvalue weighted by Crippen LogP contribution is 2.36. The Morgan fingerprint density at radius 2 is 2.10 bits per heavy atom. The Kier molecular flexibility index (Phi) is 3.44. The van der Waals surface area contributed by atoms with Crippen molar-refractivity contribution in [2.45, 2.75) is 19.1 Å². The van der Waals surface area contributed by atoms with Gasteiger partial charge in [0.2, 0.25) is 0 Å². The van der Waals surface area contributed by atoms with Gasteiger partial charge in [-0.05, 0) is 37.3 Å².